The average Bonchev–Trinajstić information content (AvgIpc) is 2.76. The van der Waals surface area contributed by atoms with Crippen molar-refractivity contribution < 1.29 is 14.7 Å². The zero-order valence-electron chi connectivity index (χ0n) is 12.3. The summed E-state index contributed by atoms with van der Waals surface area (Å²) in [6.07, 6.45) is 0.502. The van der Waals surface area contributed by atoms with E-state index in [1.807, 2.05) is 42.7 Å². The number of aryl methyl sites for hydroxylation is 2. The Morgan fingerprint density at radius 1 is 1.29 bits per heavy atom. The quantitative estimate of drug-likeness (QED) is 0.802. The van der Waals surface area contributed by atoms with Gasteiger partial charge in [0.1, 0.15) is 5.69 Å². The fourth-order valence-electron chi connectivity index (χ4n) is 2.62. The molecule has 0 saturated heterocycles. The number of carboxylic acids is 1. The Labute approximate surface area is 123 Å². The summed E-state index contributed by atoms with van der Waals surface area (Å²) in [4.78, 5) is 22.8. The first-order chi connectivity index (χ1) is 10.1. The Morgan fingerprint density at radius 3 is 2.67 bits per heavy atom. The van der Waals surface area contributed by atoms with Crippen molar-refractivity contribution >= 4 is 22.8 Å². The van der Waals surface area contributed by atoms with E-state index in [0.29, 0.717) is 25.2 Å². The topological polar surface area (TPSA) is 71.3 Å². The number of hydrogen-bond acceptors (Lipinski definition) is 2. The van der Waals surface area contributed by atoms with Crippen LogP contribution in [0.2, 0.25) is 0 Å². The maximum Gasteiger partial charge on any atom is 0.303 e. The molecule has 1 heterocycles. The second-order valence-corrected chi connectivity index (χ2v) is 4.99. The van der Waals surface area contributed by atoms with E-state index in [1.54, 1.807) is 0 Å². The van der Waals surface area contributed by atoms with E-state index in [9.17, 15) is 9.59 Å². The van der Waals surface area contributed by atoms with Gasteiger partial charge in [-0.1, -0.05) is 18.2 Å². The van der Waals surface area contributed by atoms with Gasteiger partial charge in [-0.05, 0) is 31.9 Å². The van der Waals surface area contributed by atoms with Crippen molar-refractivity contribution in [3.8, 4) is 0 Å². The Morgan fingerprint density at radius 2 is 2.00 bits per heavy atom. The van der Waals surface area contributed by atoms with Crippen LogP contribution >= 0.6 is 0 Å². The lowest BCUT2D eigenvalue weighted by atomic mass is 10.1. The van der Waals surface area contributed by atoms with Gasteiger partial charge in [-0.15, -0.1) is 0 Å². The molecule has 0 aliphatic rings. The van der Waals surface area contributed by atoms with Crippen LogP contribution in [0.15, 0.2) is 24.3 Å². The molecule has 0 spiro atoms. The lowest BCUT2D eigenvalue weighted by molar-refractivity contribution is -0.137. The molecule has 5 nitrogen and oxygen atoms in total. The predicted octanol–water partition coefficient (Wildman–Crippen LogP) is 2.56. The largest absolute Gasteiger partial charge is 0.481 e. The van der Waals surface area contributed by atoms with Gasteiger partial charge in [0.05, 0.1) is 0 Å². The highest BCUT2D eigenvalue weighted by Gasteiger charge is 2.18. The molecule has 2 aromatic rings. The highest BCUT2D eigenvalue weighted by atomic mass is 16.4. The van der Waals surface area contributed by atoms with Crippen molar-refractivity contribution in [2.45, 2.75) is 33.2 Å². The zero-order valence-corrected chi connectivity index (χ0v) is 12.3. The monoisotopic (exact) mass is 288 g/mol. The summed E-state index contributed by atoms with van der Waals surface area (Å²) in [7, 11) is 0. The van der Waals surface area contributed by atoms with Crippen molar-refractivity contribution in [1.82, 2.24) is 9.88 Å². The molecule has 0 saturated carbocycles. The number of para-hydroxylation sites is 1. The summed E-state index contributed by atoms with van der Waals surface area (Å²) in [6.45, 7) is 5.04. The molecule has 0 radical (unpaired) electrons. The Balaban J connectivity index is 2.22. The van der Waals surface area contributed by atoms with Gasteiger partial charge in [0.25, 0.3) is 5.91 Å². The van der Waals surface area contributed by atoms with Gasteiger partial charge in [0.15, 0.2) is 0 Å². The third kappa shape index (κ3) is 3.07. The summed E-state index contributed by atoms with van der Waals surface area (Å²) < 4.78 is 2.00. The number of carbonyl (C=O) groups is 2. The summed E-state index contributed by atoms with van der Waals surface area (Å²) in [6, 6.07) is 7.94. The zero-order chi connectivity index (χ0) is 15.4. The summed E-state index contributed by atoms with van der Waals surface area (Å²) in [5.74, 6) is -0.987. The molecule has 0 unspecified atom stereocenters. The van der Waals surface area contributed by atoms with Gasteiger partial charge < -0.3 is 15.0 Å². The molecule has 2 N–H and O–H groups in total. The molecule has 0 bridgehead atoms. The van der Waals surface area contributed by atoms with E-state index in [0.717, 1.165) is 16.5 Å². The fraction of sp³-hybridized carbons (Fsp3) is 0.375. The van der Waals surface area contributed by atoms with Gasteiger partial charge in [0.2, 0.25) is 0 Å². The number of hydrogen-bond donors (Lipinski definition) is 2. The number of aliphatic carboxylic acids is 1. The molecular weight excluding hydrogens is 268 g/mol. The van der Waals surface area contributed by atoms with E-state index in [4.69, 9.17) is 5.11 Å². The maximum atomic E-state index is 12.4. The minimum atomic E-state index is -0.844. The number of benzene rings is 1. The van der Waals surface area contributed by atoms with E-state index < -0.39 is 5.97 Å². The number of nitrogens with one attached hydrogen (secondary N) is 1. The summed E-state index contributed by atoms with van der Waals surface area (Å²) in [5.41, 5.74) is 2.67. The number of carbonyl (C=O) groups excluding carboxylic acids is 1. The number of rotatable bonds is 6. The third-order valence-electron chi connectivity index (χ3n) is 3.61. The first-order valence-corrected chi connectivity index (χ1v) is 7.14. The Hall–Kier alpha value is -2.30. The molecule has 21 heavy (non-hydrogen) atoms. The molecule has 0 fully saturated rings. The smallest absolute Gasteiger partial charge is 0.303 e. The van der Waals surface area contributed by atoms with Gasteiger partial charge in [-0.2, -0.15) is 0 Å². The summed E-state index contributed by atoms with van der Waals surface area (Å²) >= 11 is 0. The van der Waals surface area contributed by atoms with E-state index >= 15 is 0 Å². The first kappa shape index (κ1) is 15.1. The number of aromatic nitrogens is 1. The van der Waals surface area contributed by atoms with E-state index in [2.05, 4.69) is 5.32 Å². The van der Waals surface area contributed by atoms with Crippen molar-refractivity contribution in [3.63, 3.8) is 0 Å². The molecule has 2 rings (SSSR count). The predicted molar refractivity (Wildman–Crippen MR) is 81.6 cm³/mol. The molecule has 0 atom stereocenters. The van der Waals surface area contributed by atoms with Crippen molar-refractivity contribution in [2.24, 2.45) is 0 Å². The molecule has 1 aromatic heterocycles. The molecule has 0 aliphatic carbocycles. The van der Waals surface area contributed by atoms with Crippen LogP contribution in [-0.4, -0.2) is 28.1 Å². The van der Waals surface area contributed by atoms with Gasteiger partial charge in [0, 0.05) is 30.4 Å². The number of amides is 1. The molecular formula is C16H20N2O3. The standard InChI is InChI=1S/C16H20N2O3/c1-3-18-13-8-5-4-7-12(13)11(2)15(18)16(21)17-10-6-9-14(19)20/h4-5,7-8H,3,6,9-10H2,1-2H3,(H,17,21)(H,19,20). The van der Waals surface area contributed by atoms with Crippen LogP contribution in [0.4, 0.5) is 0 Å². The number of carboxylic acid groups (broad SMARTS) is 1. The minimum absolute atomic E-state index is 0.0655. The normalized spacial score (nSPS) is 10.8. The molecule has 112 valence electrons. The summed E-state index contributed by atoms with van der Waals surface area (Å²) in [5, 5.41) is 12.5. The second-order valence-electron chi connectivity index (χ2n) is 4.99. The Bertz CT molecular complexity index is 673. The number of nitrogens with zero attached hydrogens (tertiary/aromatic N) is 1. The van der Waals surface area contributed by atoms with Crippen LogP contribution < -0.4 is 5.32 Å². The van der Waals surface area contributed by atoms with Gasteiger partial charge in [-0.25, -0.2) is 0 Å². The Kier molecular flexibility index (Phi) is 4.62. The highest BCUT2D eigenvalue weighted by molar-refractivity contribution is 6.01. The highest BCUT2D eigenvalue weighted by Crippen LogP contribution is 2.25. The molecule has 1 aromatic carbocycles. The lowest BCUT2D eigenvalue weighted by Gasteiger charge is -2.09. The molecule has 5 heteroatoms. The number of fused-ring (bicyclic) bond motifs is 1. The third-order valence-corrected chi connectivity index (χ3v) is 3.61. The lowest BCUT2D eigenvalue weighted by Crippen LogP contribution is -2.27. The van der Waals surface area contributed by atoms with Crippen molar-refractivity contribution in [2.75, 3.05) is 6.54 Å². The average molecular weight is 288 g/mol. The fourth-order valence-corrected chi connectivity index (χ4v) is 2.62. The van der Waals surface area contributed by atoms with Crippen molar-refractivity contribution in [3.05, 3.63) is 35.5 Å². The van der Waals surface area contributed by atoms with Crippen molar-refractivity contribution in [1.29, 1.82) is 0 Å². The van der Waals surface area contributed by atoms with Crippen LogP contribution in [0, 0.1) is 6.92 Å². The van der Waals surface area contributed by atoms with E-state index in [1.165, 1.54) is 0 Å². The van der Waals surface area contributed by atoms with Crippen LogP contribution in [0.3, 0.4) is 0 Å². The van der Waals surface area contributed by atoms with Crippen LogP contribution in [-0.2, 0) is 11.3 Å². The minimum Gasteiger partial charge on any atom is -0.481 e. The van der Waals surface area contributed by atoms with Crippen LogP contribution in [0.1, 0.15) is 35.8 Å². The molecule has 0 aliphatic heterocycles. The first-order valence-electron chi connectivity index (χ1n) is 7.14. The molecule has 1 amide bonds. The SMILES string of the molecule is CCn1c(C(=O)NCCCC(=O)O)c(C)c2ccccc21. The van der Waals surface area contributed by atoms with Crippen LogP contribution in [0.25, 0.3) is 10.9 Å². The second kappa shape index (κ2) is 6.43. The maximum absolute atomic E-state index is 12.4. The van der Waals surface area contributed by atoms with Gasteiger partial charge in [-0.3, -0.25) is 9.59 Å². The van der Waals surface area contributed by atoms with Gasteiger partial charge >= 0.3 is 5.97 Å². The van der Waals surface area contributed by atoms with E-state index in [-0.39, 0.29) is 12.3 Å². The van der Waals surface area contributed by atoms with Crippen LogP contribution in [0.5, 0.6) is 0 Å².